The van der Waals surface area contributed by atoms with Gasteiger partial charge in [-0.2, -0.15) is 0 Å². The molecule has 1 heterocycles. The molecule has 12 heavy (non-hydrogen) atoms. The fourth-order valence-corrected chi connectivity index (χ4v) is 4.77. The van der Waals surface area contributed by atoms with Gasteiger partial charge in [-0.25, -0.2) is 0 Å². The van der Waals surface area contributed by atoms with Crippen LogP contribution in [0.3, 0.4) is 0 Å². The molecule has 1 fully saturated rings. The minimum atomic E-state index is -3.99. The van der Waals surface area contributed by atoms with Crippen molar-refractivity contribution in [3.05, 3.63) is 0 Å². The summed E-state index contributed by atoms with van der Waals surface area (Å²) >= 11 is 1.58. The van der Waals surface area contributed by atoms with Crippen molar-refractivity contribution in [3.63, 3.8) is 0 Å². The lowest BCUT2D eigenvalue weighted by Gasteiger charge is -2.29. The average molecular weight is 211 g/mol. The summed E-state index contributed by atoms with van der Waals surface area (Å²) in [5.74, 6) is 0.0398. The van der Waals surface area contributed by atoms with Crippen LogP contribution in [0.4, 0.5) is 0 Å². The van der Waals surface area contributed by atoms with Crippen molar-refractivity contribution < 1.29 is 14.4 Å². The largest absolute Gasteiger partial charge is 0.343 e. The predicted molar refractivity (Wildman–Crippen MR) is 50.1 cm³/mol. The third kappa shape index (κ3) is 1.86. The van der Waals surface area contributed by atoms with E-state index in [1.54, 1.807) is 23.7 Å². The summed E-state index contributed by atoms with van der Waals surface area (Å²) in [5, 5.41) is 0. The zero-order chi connectivity index (χ0) is 9.57. The van der Waals surface area contributed by atoms with Crippen LogP contribution >= 0.6 is 19.4 Å². The van der Waals surface area contributed by atoms with Crippen LogP contribution < -0.4 is 0 Å². The van der Waals surface area contributed by atoms with Crippen molar-refractivity contribution in [2.45, 2.75) is 24.4 Å². The number of rotatable bonds is 1. The second-order valence-corrected chi connectivity index (χ2v) is 6.86. The Labute approximate surface area is 76.5 Å². The van der Waals surface area contributed by atoms with Crippen LogP contribution in [0.25, 0.3) is 0 Å². The molecular formula is C6H14NO3PS. The monoisotopic (exact) mass is 211 g/mol. The molecule has 1 unspecified atom stereocenters. The van der Waals surface area contributed by atoms with Crippen molar-refractivity contribution in [2.24, 2.45) is 0 Å². The maximum Gasteiger partial charge on any atom is 0.343 e. The summed E-state index contributed by atoms with van der Waals surface area (Å²) in [6, 6.07) is 0. The molecule has 6 heteroatoms. The van der Waals surface area contributed by atoms with Crippen LogP contribution in [0.2, 0.25) is 0 Å². The van der Waals surface area contributed by atoms with E-state index in [1.807, 2.05) is 13.8 Å². The lowest BCUT2D eigenvalue weighted by atomic mass is 10.2. The van der Waals surface area contributed by atoms with Crippen molar-refractivity contribution in [1.82, 2.24) is 4.90 Å². The van der Waals surface area contributed by atoms with Gasteiger partial charge < -0.3 is 9.79 Å². The van der Waals surface area contributed by atoms with Crippen molar-refractivity contribution in [1.29, 1.82) is 0 Å². The van der Waals surface area contributed by atoms with Gasteiger partial charge in [0.2, 0.25) is 0 Å². The van der Waals surface area contributed by atoms with Crippen molar-refractivity contribution >= 4 is 19.4 Å². The van der Waals surface area contributed by atoms with Gasteiger partial charge in [0.1, 0.15) is 5.78 Å². The van der Waals surface area contributed by atoms with Crippen LogP contribution in [0.1, 0.15) is 13.8 Å². The Hall–Kier alpha value is 0.460. The minimum absolute atomic E-state index is 0.353. The SMILES string of the molecule is CN1CSC(C)(C)C1P(=O)(O)O. The van der Waals surface area contributed by atoms with Crippen LogP contribution in [0, 0.1) is 0 Å². The Morgan fingerprint density at radius 3 is 2.25 bits per heavy atom. The van der Waals surface area contributed by atoms with E-state index in [0.29, 0.717) is 5.88 Å². The van der Waals surface area contributed by atoms with Crippen LogP contribution in [0.15, 0.2) is 0 Å². The van der Waals surface area contributed by atoms with E-state index < -0.39 is 13.4 Å². The molecule has 0 aliphatic carbocycles. The molecule has 1 saturated heterocycles. The topological polar surface area (TPSA) is 60.8 Å². The molecular weight excluding hydrogens is 197 g/mol. The molecule has 2 N–H and O–H groups in total. The highest BCUT2D eigenvalue weighted by atomic mass is 32.2. The van der Waals surface area contributed by atoms with Gasteiger partial charge in [-0.1, -0.05) is 0 Å². The lowest BCUT2D eigenvalue weighted by Crippen LogP contribution is -2.37. The van der Waals surface area contributed by atoms with Gasteiger partial charge in [0, 0.05) is 10.6 Å². The lowest BCUT2D eigenvalue weighted by molar-refractivity contribution is 0.267. The molecule has 0 aromatic carbocycles. The van der Waals surface area contributed by atoms with E-state index in [9.17, 15) is 4.57 Å². The molecule has 0 spiro atoms. The first-order chi connectivity index (χ1) is 5.25. The molecule has 1 rings (SSSR count). The Morgan fingerprint density at radius 1 is 1.58 bits per heavy atom. The highest BCUT2D eigenvalue weighted by Crippen LogP contribution is 2.55. The smallest absolute Gasteiger partial charge is 0.323 e. The van der Waals surface area contributed by atoms with E-state index in [-0.39, 0.29) is 4.75 Å². The Kier molecular flexibility index (Phi) is 2.63. The molecule has 0 saturated carbocycles. The number of thioether (sulfide) groups is 1. The Bertz CT molecular complexity index is 227. The molecule has 4 nitrogen and oxygen atoms in total. The van der Waals surface area contributed by atoms with E-state index in [0.717, 1.165) is 0 Å². The van der Waals surface area contributed by atoms with E-state index in [2.05, 4.69) is 0 Å². The molecule has 0 aromatic heterocycles. The summed E-state index contributed by atoms with van der Waals surface area (Å²) in [6.45, 7) is 3.73. The molecule has 1 aliphatic heterocycles. The molecule has 0 bridgehead atoms. The fourth-order valence-electron chi connectivity index (χ4n) is 1.61. The number of nitrogens with zero attached hydrogens (tertiary/aromatic N) is 1. The van der Waals surface area contributed by atoms with E-state index in [1.165, 1.54) is 0 Å². The van der Waals surface area contributed by atoms with Gasteiger partial charge in [-0.05, 0) is 20.9 Å². The molecule has 1 atom stereocenters. The van der Waals surface area contributed by atoms with Gasteiger partial charge in [0.05, 0.1) is 0 Å². The quantitative estimate of drug-likeness (QED) is 0.631. The van der Waals surface area contributed by atoms with Gasteiger partial charge in [0.25, 0.3) is 0 Å². The Morgan fingerprint density at radius 2 is 2.08 bits per heavy atom. The van der Waals surface area contributed by atoms with Crippen LogP contribution in [0.5, 0.6) is 0 Å². The minimum Gasteiger partial charge on any atom is -0.323 e. The molecule has 0 aromatic rings. The molecule has 72 valence electrons. The fraction of sp³-hybridized carbons (Fsp3) is 1.00. The van der Waals surface area contributed by atoms with Crippen molar-refractivity contribution in [3.8, 4) is 0 Å². The first-order valence-corrected chi connectivity index (χ1v) is 6.31. The first-order valence-electron chi connectivity index (χ1n) is 3.64. The van der Waals surface area contributed by atoms with Gasteiger partial charge in [-0.3, -0.25) is 9.46 Å². The average Bonchev–Trinajstić information content (AvgIpc) is 2.03. The maximum atomic E-state index is 11.1. The zero-order valence-corrected chi connectivity index (χ0v) is 9.10. The van der Waals surface area contributed by atoms with Crippen molar-refractivity contribution in [2.75, 3.05) is 12.9 Å². The normalized spacial score (nSPS) is 30.9. The van der Waals surface area contributed by atoms with Gasteiger partial charge >= 0.3 is 7.60 Å². The van der Waals surface area contributed by atoms with E-state index >= 15 is 0 Å². The summed E-state index contributed by atoms with van der Waals surface area (Å²) < 4.78 is 10.7. The highest BCUT2D eigenvalue weighted by Gasteiger charge is 2.49. The highest BCUT2D eigenvalue weighted by molar-refractivity contribution is 8.01. The summed E-state index contributed by atoms with van der Waals surface area (Å²) in [7, 11) is -2.24. The second-order valence-electron chi connectivity index (χ2n) is 3.60. The summed E-state index contributed by atoms with van der Waals surface area (Å²) in [4.78, 5) is 19.9. The zero-order valence-electron chi connectivity index (χ0n) is 7.39. The number of hydrogen-bond donors (Lipinski definition) is 2. The third-order valence-corrected chi connectivity index (χ3v) is 5.35. The molecule has 1 aliphatic rings. The van der Waals surface area contributed by atoms with E-state index in [4.69, 9.17) is 9.79 Å². The van der Waals surface area contributed by atoms with Gasteiger partial charge in [-0.15, -0.1) is 11.8 Å². The third-order valence-electron chi connectivity index (χ3n) is 2.00. The number of hydrogen-bond acceptors (Lipinski definition) is 3. The summed E-state index contributed by atoms with van der Waals surface area (Å²) in [6.07, 6.45) is 0. The second kappa shape index (κ2) is 3.00. The maximum absolute atomic E-state index is 11.1. The Balaban J connectivity index is 2.94. The predicted octanol–water partition coefficient (Wildman–Crippen LogP) is 0.905. The first kappa shape index (κ1) is 10.5. The van der Waals surface area contributed by atoms with Gasteiger partial charge in [0.15, 0.2) is 0 Å². The summed E-state index contributed by atoms with van der Waals surface area (Å²) in [5.41, 5.74) is 0. The standard InChI is InChI=1S/C6H14NO3PS/c1-6(2)5(11(8,9)10)7(3)4-12-6/h5H,4H2,1-3H3,(H2,8,9,10). The molecule has 0 radical (unpaired) electrons. The van der Waals surface area contributed by atoms with Crippen LogP contribution in [-0.2, 0) is 4.57 Å². The van der Waals surface area contributed by atoms with Crippen LogP contribution in [-0.4, -0.2) is 38.1 Å². The molecule has 0 amide bonds.